The van der Waals surface area contributed by atoms with Gasteiger partial charge >= 0.3 is 0 Å². The zero-order valence-electron chi connectivity index (χ0n) is 14.0. The van der Waals surface area contributed by atoms with E-state index in [9.17, 15) is 0 Å². The van der Waals surface area contributed by atoms with Crippen molar-refractivity contribution in [3.63, 3.8) is 0 Å². The molecule has 0 amide bonds. The smallest absolute Gasteiger partial charge is 0.0900 e. The molecule has 2 heteroatoms. The Bertz CT molecular complexity index is 513. The third-order valence-electron chi connectivity index (χ3n) is 4.75. The van der Waals surface area contributed by atoms with E-state index in [4.69, 9.17) is 9.47 Å². The Kier molecular flexibility index (Phi) is 5.38. The topological polar surface area (TPSA) is 18.5 Å². The fourth-order valence-corrected chi connectivity index (χ4v) is 2.79. The zero-order chi connectivity index (χ0) is 16.1. The highest BCUT2D eigenvalue weighted by Crippen LogP contribution is 2.37. The summed E-state index contributed by atoms with van der Waals surface area (Å²) >= 11 is 0. The summed E-state index contributed by atoms with van der Waals surface area (Å²) in [5.41, 5.74) is 1.78. The van der Waals surface area contributed by atoms with Crippen LogP contribution in [0.3, 0.4) is 0 Å². The summed E-state index contributed by atoms with van der Waals surface area (Å²) in [6.45, 7) is 4.28. The Labute approximate surface area is 134 Å². The molecule has 2 nitrogen and oxygen atoms in total. The van der Waals surface area contributed by atoms with Gasteiger partial charge in [-0.2, -0.15) is 0 Å². The molecular weight excluding hydrogens is 272 g/mol. The van der Waals surface area contributed by atoms with Gasteiger partial charge < -0.3 is 9.47 Å². The number of methoxy groups -OCH3 is 2. The van der Waals surface area contributed by atoms with E-state index in [1.807, 2.05) is 12.1 Å². The molecule has 0 aliphatic heterocycles. The average molecular weight is 298 g/mol. The molecule has 118 valence electrons. The fourth-order valence-electron chi connectivity index (χ4n) is 2.79. The Balaban J connectivity index is 2.18. The van der Waals surface area contributed by atoms with E-state index in [1.54, 1.807) is 14.2 Å². The van der Waals surface area contributed by atoms with Gasteiger partial charge in [-0.1, -0.05) is 60.7 Å². The van der Waals surface area contributed by atoms with Crippen molar-refractivity contribution in [2.75, 3.05) is 14.2 Å². The lowest BCUT2D eigenvalue weighted by Gasteiger charge is -2.35. The minimum atomic E-state index is -0.310. The van der Waals surface area contributed by atoms with Crippen LogP contribution in [0.4, 0.5) is 0 Å². The second-order valence-corrected chi connectivity index (χ2v) is 6.10. The second-order valence-electron chi connectivity index (χ2n) is 6.10. The molecule has 22 heavy (non-hydrogen) atoms. The van der Waals surface area contributed by atoms with Gasteiger partial charge in [0.2, 0.25) is 0 Å². The molecule has 0 aromatic heterocycles. The predicted molar refractivity (Wildman–Crippen MR) is 90.8 cm³/mol. The summed E-state index contributed by atoms with van der Waals surface area (Å²) in [6, 6.07) is 20.8. The van der Waals surface area contributed by atoms with Gasteiger partial charge in [0.15, 0.2) is 0 Å². The highest BCUT2D eigenvalue weighted by atomic mass is 16.5. The van der Waals surface area contributed by atoms with Crippen molar-refractivity contribution >= 4 is 0 Å². The molecule has 0 bridgehead atoms. The summed E-state index contributed by atoms with van der Waals surface area (Å²) < 4.78 is 11.7. The molecule has 0 heterocycles. The van der Waals surface area contributed by atoms with Gasteiger partial charge in [-0.05, 0) is 37.8 Å². The molecule has 0 fully saturated rings. The molecule has 0 aliphatic carbocycles. The van der Waals surface area contributed by atoms with Crippen molar-refractivity contribution in [3.05, 3.63) is 71.8 Å². The molecule has 2 rings (SSSR count). The summed E-state index contributed by atoms with van der Waals surface area (Å²) in [5, 5.41) is 0. The first-order chi connectivity index (χ1) is 10.5. The number of hydrogen-bond acceptors (Lipinski definition) is 2. The molecule has 2 aromatic rings. The summed E-state index contributed by atoms with van der Waals surface area (Å²) in [5.74, 6) is 0. The molecule has 2 aromatic carbocycles. The normalized spacial score (nSPS) is 16.7. The standard InChI is InChI=1S/C20H26O2/c1-19(21-3,17-11-7-5-8-12-17)15-16-20(2,22-4)18-13-9-6-10-14-18/h5-14H,15-16H2,1-4H3. The maximum Gasteiger partial charge on any atom is 0.0900 e. The minimum absolute atomic E-state index is 0.310. The van der Waals surface area contributed by atoms with Crippen molar-refractivity contribution < 1.29 is 9.47 Å². The van der Waals surface area contributed by atoms with Crippen LogP contribution in [0.1, 0.15) is 37.8 Å². The first-order valence-electron chi connectivity index (χ1n) is 7.75. The predicted octanol–water partition coefficient (Wildman–Crippen LogP) is 4.89. The van der Waals surface area contributed by atoms with Crippen LogP contribution in [-0.4, -0.2) is 14.2 Å². The molecule has 2 atom stereocenters. The number of ether oxygens (including phenoxy) is 2. The third-order valence-corrected chi connectivity index (χ3v) is 4.75. The minimum Gasteiger partial charge on any atom is -0.374 e. The van der Waals surface area contributed by atoms with Gasteiger partial charge in [0.25, 0.3) is 0 Å². The van der Waals surface area contributed by atoms with Crippen molar-refractivity contribution in [3.8, 4) is 0 Å². The van der Waals surface area contributed by atoms with Crippen molar-refractivity contribution in [1.29, 1.82) is 0 Å². The number of hydrogen-bond donors (Lipinski definition) is 0. The Morgan fingerprint density at radius 1 is 0.636 bits per heavy atom. The van der Waals surface area contributed by atoms with Gasteiger partial charge in [-0.15, -0.1) is 0 Å². The SMILES string of the molecule is COC(C)(CCC(C)(OC)c1ccccc1)c1ccccc1. The maximum atomic E-state index is 5.84. The van der Waals surface area contributed by atoms with Crippen molar-refractivity contribution in [2.24, 2.45) is 0 Å². The molecule has 0 saturated heterocycles. The van der Waals surface area contributed by atoms with Crippen molar-refractivity contribution in [2.45, 2.75) is 37.9 Å². The van der Waals surface area contributed by atoms with Gasteiger partial charge in [-0.25, -0.2) is 0 Å². The van der Waals surface area contributed by atoms with E-state index < -0.39 is 0 Å². The lowest BCUT2D eigenvalue weighted by molar-refractivity contribution is -0.0527. The molecule has 0 saturated carbocycles. The molecule has 0 radical (unpaired) electrons. The van der Waals surface area contributed by atoms with Crippen LogP contribution in [0.15, 0.2) is 60.7 Å². The Morgan fingerprint density at radius 2 is 0.955 bits per heavy atom. The Morgan fingerprint density at radius 3 is 1.23 bits per heavy atom. The monoisotopic (exact) mass is 298 g/mol. The lowest BCUT2D eigenvalue weighted by Crippen LogP contribution is -2.31. The second kappa shape index (κ2) is 7.08. The first kappa shape index (κ1) is 16.7. The van der Waals surface area contributed by atoms with Crippen LogP contribution in [0.25, 0.3) is 0 Å². The van der Waals surface area contributed by atoms with Gasteiger partial charge in [-0.3, -0.25) is 0 Å². The number of rotatable bonds is 7. The molecule has 0 aliphatic rings. The summed E-state index contributed by atoms with van der Waals surface area (Å²) in [7, 11) is 3.55. The van der Waals surface area contributed by atoms with Crippen LogP contribution in [0.2, 0.25) is 0 Å². The highest BCUT2D eigenvalue weighted by Gasteiger charge is 2.32. The highest BCUT2D eigenvalue weighted by molar-refractivity contribution is 5.24. The zero-order valence-corrected chi connectivity index (χ0v) is 14.0. The van der Waals surface area contributed by atoms with E-state index in [0.717, 1.165) is 12.8 Å². The molecule has 0 N–H and O–H groups in total. The van der Waals surface area contributed by atoms with Gasteiger partial charge in [0.1, 0.15) is 0 Å². The third kappa shape index (κ3) is 3.57. The van der Waals surface area contributed by atoms with Gasteiger partial charge in [0.05, 0.1) is 11.2 Å². The van der Waals surface area contributed by atoms with E-state index >= 15 is 0 Å². The van der Waals surface area contributed by atoms with Crippen LogP contribution in [0.5, 0.6) is 0 Å². The summed E-state index contributed by atoms with van der Waals surface area (Å²) in [6.07, 6.45) is 1.76. The molecule has 2 unspecified atom stereocenters. The van der Waals surface area contributed by atoms with Crippen LogP contribution in [-0.2, 0) is 20.7 Å². The maximum absolute atomic E-state index is 5.84. The fraction of sp³-hybridized carbons (Fsp3) is 0.400. The van der Waals surface area contributed by atoms with E-state index in [0.29, 0.717) is 0 Å². The Hall–Kier alpha value is -1.64. The largest absolute Gasteiger partial charge is 0.374 e. The lowest BCUT2D eigenvalue weighted by atomic mass is 9.83. The van der Waals surface area contributed by atoms with E-state index in [-0.39, 0.29) is 11.2 Å². The molecule has 0 spiro atoms. The van der Waals surface area contributed by atoms with Crippen LogP contribution >= 0.6 is 0 Å². The van der Waals surface area contributed by atoms with Crippen molar-refractivity contribution in [1.82, 2.24) is 0 Å². The number of benzene rings is 2. The van der Waals surface area contributed by atoms with Crippen LogP contribution in [0, 0.1) is 0 Å². The van der Waals surface area contributed by atoms with E-state index in [2.05, 4.69) is 62.4 Å². The quantitative estimate of drug-likeness (QED) is 0.724. The first-order valence-corrected chi connectivity index (χ1v) is 7.75. The summed E-state index contributed by atoms with van der Waals surface area (Å²) in [4.78, 5) is 0. The van der Waals surface area contributed by atoms with Gasteiger partial charge in [0, 0.05) is 14.2 Å². The van der Waals surface area contributed by atoms with E-state index in [1.165, 1.54) is 11.1 Å². The average Bonchev–Trinajstić information content (AvgIpc) is 2.61. The molecular formula is C20H26O2. The van der Waals surface area contributed by atoms with Crippen LogP contribution < -0.4 is 0 Å².